The van der Waals surface area contributed by atoms with Crippen molar-refractivity contribution in [1.29, 1.82) is 0 Å². The lowest BCUT2D eigenvalue weighted by molar-refractivity contribution is 0.0934. The molecular formula is C14H25NOS. The van der Waals surface area contributed by atoms with Crippen LogP contribution in [0.1, 0.15) is 58.3 Å². The van der Waals surface area contributed by atoms with E-state index in [1.807, 2.05) is 0 Å². The van der Waals surface area contributed by atoms with E-state index in [4.69, 9.17) is 17.0 Å². The number of ether oxygens (including phenoxy) is 1. The number of piperidine rings is 1. The summed E-state index contributed by atoms with van der Waals surface area (Å²) in [5.41, 5.74) is 0. The molecular weight excluding hydrogens is 230 g/mol. The Labute approximate surface area is 111 Å². The van der Waals surface area contributed by atoms with Gasteiger partial charge < -0.3 is 9.64 Å². The average Bonchev–Trinajstić information content (AvgIpc) is 2.38. The lowest BCUT2D eigenvalue weighted by atomic mass is 9.78. The second-order valence-corrected chi connectivity index (χ2v) is 5.76. The van der Waals surface area contributed by atoms with Gasteiger partial charge in [-0.2, -0.15) is 0 Å². The molecule has 0 spiro atoms. The van der Waals surface area contributed by atoms with E-state index >= 15 is 0 Å². The molecule has 0 bridgehead atoms. The molecule has 2 atom stereocenters. The SMILES string of the molecule is CCCCOC(=S)N1CCCC2CCCCC21. The van der Waals surface area contributed by atoms with Crippen LogP contribution in [0.2, 0.25) is 0 Å². The summed E-state index contributed by atoms with van der Waals surface area (Å²) in [5.74, 6) is 0.880. The Morgan fingerprint density at radius 3 is 2.82 bits per heavy atom. The number of hydrogen-bond donors (Lipinski definition) is 0. The predicted molar refractivity (Wildman–Crippen MR) is 75.1 cm³/mol. The Hall–Kier alpha value is -0.310. The van der Waals surface area contributed by atoms with Gasteiger partial charge in [0.05, 0.1) is 6.61 Å². The Bertz CT molecular complexity index is 255. The standard InChI is InChI=1S/C14H25NOS/c1-2-3-11-16-14(17)15-10-6-8-12-7-4-5-9-13(12)15/h12-13H,2-11H2,1H3. The molecule has 2 nitrogen and oxygen atoms in total. The lowest BCUT2D eigenvalue weighted by Crippen LogP contribution is -2.49. The maximum atomic E-state index is 5.73. The zero-order valence-electron chi connectivity index (χ0n) is 11.0. The Morgan fingerprint density at radius 2 is 2.00 bits per heavy atom. The Balaban J connectivity index is 1.87. The molecule has 2 unspecified atom stereocenters. The molecule has 2 aliphatic rings. The van der Waals surface area contributed by atoms with Gasteiger partial charge >= 0.3 is 0 Å². The first-order valence-electron chi connectivity index (χ1n) is 7.26. The van der Waals surface area contributed by atoms with Crippen LogP contribution in [0.15, 0.2) is 0 Å². The molecule has 1 heterocycles. The number of thiocarbonyl (C=S) groups is 1. The van der Waals surface area contributed by atoms with Crippen LogP contribution in [0.25, 0.3) is 0 Å². The smallest absolute Gasteiger partial charge is 0.259 e. The summed E-state index contributed by atoms with van der Waals surface area (Å²) in [7, 11) is 0. The van der Waals surface area contributed by atoms with Gasteiger partial charge in [0.15, 0.2) is 0 Å². The van der Waals surface area contributed by atoms with Crippen LogP contribution in [0, 0.1) is 5.92 Å². The molecule has 0 aromatic carbocycles. The van der Waals surface area contributed by atoms with E-state index in [2.05, 4.69) is 11.8 Å². The lowest BCUT2D eigenvalue weighted by Gasteiger charge is -2.44. The fourth-order valence-electron chi connectivity index (χ4n) is 3.24. The zero-order chi connectivity index (χ0) is 12.1. The topological polar surface area (TPSA) is 12.5 Å². The highest BCUT2D eigenvalue weighted by Gasteiger charge is 2.34. The second-order valence-electron chi connectivity index (χ2n) is 5.42. The van der Waals surface area contributed by atoms with Crippen molar-refractivity contribution in [1.82, 2.24) is 4.90 Å². The third kappa shape index (κ3) is 3.34. The summed E-state index contributed by atoms with van der Waals surface area (Å²) in [5, 5.41) is 0.773. The molecule has 1 saturated carbocycles. The number of fused-ring (bicyclic) bond motifs is 1. The van der Waals surface area contributed by atoms with Crippen molar-refractivity contribution >= 4 is 17.4 Å². The zero-order valence-corrected chi connectivity index (χ0v) is 11.8. The minimum atomic E-state index is 0.687. The van der Waals surface area contributed by atoms with Crippen LogP contribution >= 0.6 is 12.2 Å². The molecule has 2 fully saturated rings. The summed E-state index contributed by atoms with van der Waals surface area (Å²) in [6.07, 6.45) is 10.5. The quantitative estimate of drug-likeness (QED) is 0.563. The summed E-state index contributed by atoms with van der Waals surface area (Å²) in [6.45, 7) is 4.10. The van der Waals surface area contributed by atoms with Crippen molar-refractivity contribution < 1.29 is 4.74 Å². The number of likely N-dealkylation sites (tertiary alicyclic amines) is 1. The van der Waals surface area contributed by atoms with Crippen molar-refractivity contribution in [2.75, 3.05) is 13.2 Å². The van der Waals surface area contributed by atoms with Gasteiger partial charge in [-0.25, -0.2) is 0 Å². The molecule has 0 amide bonds. The van der Waals surface area contributed by atoms with Crippen molar-refractivity contribution in [3.05, 3.63) is 0 Å². The molecule has 1 aliphatic carbocycles. The van der Waals surface area contributed by atoms with E-state index in [-0.39, 0.29) is 0 Å². The highest BCUT2D eigenvalue weighted by atomic mass is 32.1. The number of unbranched alkanes of at least 4 members (excludes halogenated alkanes) is 1. The van der Waals surface area contributed by atoms with E-state index < -0.39 is 0 Å². The van der Waals surface area contributed by atoms with E-state index in [9.17, 15) is 0 Å². The first-order chi connectivity index (χ1) is 8.33. The van der Waals surface area contributed by atoms with Crippen molar-refractivity contribution in [2.24, 2.45) is 5.92 Å². The minimum absolute atomic E-state index is 0.687. The van der Waals surface area contributed by atoms with Gasteiger partial charge in [-0.3, -0.25) is 0 Å². The maximum Gasteiger partial charge on any atom is 0.259 e. The molecule has 1 saturated heterocycles. The highest BCUT2D eigenvalue weighted by Crippen LogP contribution is 2.35. The summed E-state index contributed by atoms with van der Waals surface area (Å²) >= 11 is 5.46. The molecule has 0 radical (unpaired) electrons. The number of hydrogen-bond acceptors (Lipinski definition) is 2. The fourth-order valence-corrected chi connectivity index (χ4v) is 3.55. The minimum Gasteiger partial charge on any atom is -0.471 e. The fraction of sp³-hybridized carbons (Fsp3) is 0.929. The Morgan fingerprint density at radius 1 is 1.24 bits per heavy atom. The normalized spacial score (nSPS) is 28.6. The van der Waals surface area contributed by atoms with Gasteiger partial charge in [-0.1, -0.05) is 26.2 Å². The van der Waals surface area contributed by atoms with Crippen LogP contribution in [0.5, 0.6) is 0 Å². The van der Waals surface area contributed by atoms with E-state index in [0.717, 1.165) is 30.7 Å². The molecule has 17 heavy (non-hydrogen) atoms. The molecule has 98 valence electrons. The van der Waals surface area contributed by atoms with E-state index in [0.29, 0.717) is 6.04 Å². The molecule has 1 aliphatic heterocycles. The molecule has 3 heteroatoms. The summed E-state index contributed by atoms with van der Waals surface area (Å²) in [4.78, 5) is 2.39. The molecule has 0 aromatic heterocycles. The van der Waals surface area contributed by atoms with E-state index in [1.54, 1.807) is 0 Å². The van der Waals surface area contributed by atoms with Gasteiger partial charge in [-0.15, -0.1) is 0 Å². The maximum absolute atomic E-state index is 5.73. The van der Waals surface area contributed by atoms with Crippen LogP contribution in [-0.2, 0) is 4.74 Å². The summed E-state index contributed by atoms with van der Waals surface area (Å²) < 4.78 is 5.73. The third-order valence-corrected chi connectivity index (χ3v) is 4.55. The number of nitrogens with zero attached hydrogens (tertiary/aromatic N) is 1. The van der Waals surface area contributed by atoms with Crippen LogP contribution in [-0.4, -0.2) is 29.3 Å². The average molecular weight is 255 g/mol. The van der Waals surface area contributed by atoms with Gasteiger partial charge in [0, 0.05) is 12.6 Å². The molecule has 2 rings (SSSR count). The Kier molecular flexibility index (Phi) is 5.08. The van der Waals surface area contributed by atoms with Crippen molar-refractivity contribution in [3.8, 4) is 0 Å². The van der Waals surface area contributed by atoms with Crippen LogP contribution in [0.4, 0.5) is 0 Å². The van der Waals surface area contributed by atoms with Crippen molar-refractivity contribution in [3.63, 3.8) is 0 Å². The van der Waals surface area contributed by atoms with Gasteiger partial charge in [-0.05, 0) is 50.2 Å². The van der Waals surface area contributed by atoms with Crippen molar-refractivity contribution in [2.45, 2.75) is 64.3 Å². The second kappa shape index (κ2) is 6.58. The van der Waals surface area contributed by atoms with Gasteiger partial charge in [0.2, 0.25) is 0 Å². The largest absolute Gasteiger partial charge is 0.471 e. The summed E-state index contributed by atoms with van der Waals surface area (Å²) in [6, 6.07) is 0.687. The molecule has 0 N–H and O–H groups in total. The third-order valence-electron chi connectivity index (χ3n) is 4.20. The van der Waals surface area contributed by atoms with Crippen LogP contribution < -0.4 is 0 Å². The first-order valence-corrected chi connectivity index (χ1v) is 7.67. The highest BCUT2D eigenvalue weighted by molar-refractivity contribution is 7.80. The first kappa shape index (κ1) is 13.1. The van der Waals surface area contributed by atoms with Gasteiger partial charge in [0.25, 0.3) is 5.17 Å². The molecule has 0 aromatic rings. The monoisotopic (exact) mass is 255 g/mol. The van der Waals surface area contributed by atoms with E-state index in [1.165, 1.54) is 44.9 Å². The van der Waals surface area contributed by atoms with Crippen LogP contribution in [0.3, 0.4) is 0 Å². The predicted octanol–water partition coefficient (Wildman–Crippen LogP) is 3.74. The van der Waals surface area contributed by atoms with Gasteiger partial charge in [0.1, 0.15) is 0 Å². The number of rotatable bonds is 3.